The highest BCUT2D eigenvalue weighted by Crippen LogP contribution is 2.39. The average Bonchev–Trinajstić information content (AvgIpc) is 3.02. The second kappa shape index (κ2) is 8.35. The summed E-state index contributed by atoms with van der Waals surface area (Å²) in [6.07, 6.45) is 2.07. The molecule has 1 aliphatic carbocycles. The summed E-state index contributed by atoms with van der Waals surface area (Å²) in [7, 11) is 0. The van der Waals surface area contributed by atoms with Gasteiger partial charge in [0.25, 0.3) is 17.7 Å². The number of benzene rings is 2. The van der Waals surface area contributed by atoms with E-state index >= 15 is 0 Å². The largest absolute Gasteiger partial charge is 0.325 e. The smallest absolute Gasteiger partial charge is 0.319 e. The lowest BCUT2D eigenvalue weighted by Crippen LogP contribution is -2.49. The Labute approximate surface area is 192 Å². The molecule has 33 heavy (non-hydrogen) atoms. The normalized spacial score (nSPS) is 19.8. The maximum absolute atomic E-state index is 13.2. The summed E-state index contributed by atoms with van der Waals surface area (Å²) >= 11 is 0. The van der Waals surface area contributed by atoms with Crippen LogP contribution in [-0.4, -0.2) is 35.2 Å². The lowest BCUT2D eigenvalue weighted by Gasteiger charge is -2.33. The molecule has 1 saturated heterocycles. The highest BCUT2D eigenvalue weighted by Gasteiger charge is 2.54. The van der Waals surface area contributed by atoms with Gasteiger partial charge in [0.1, 0.15) is 12.1 Å². The van der Waals surface area contributed by atoms with Crippen LogP contribution in [0, 0.1) is 0 Å². The van der Waals surface area contributed by atoms with Gasteiger partial charge in [-0.1, -0.05) is 57.2 Å². The van der Waals surface area contributed by atoms with Crippen molar-refractivity contribution in [2.75, 3.05) is 6.54 Å². The lowest BCUT2D eigenvalue weighted by molar-refractivity contribution is -0.135. The van der Waals surface area contributed by atoms with Crippen LogP contribution in [0.25, 0.3) is 0 Å². The Balaban J connectivity index is 1.39. The minimum atomic E-state index is -1.13. The number of hydrogen-bond acceptors (Lipinski definition) is 4. The van der Waals surface area contributed by atoms with E-state index < -0.39 is 35.8 Å². The predicted molar refractivity (Wildman–Crippen MR) is 122 cm³/mol. The number of carbonyl (C=O) groups excluding carboxylic acids is 4. The van der Waals surface area contributed by atoms with Crippen LogP contribution in [0.1, 0.15) is 60.7 Å². The Morgan fingerprint density at radius 3 is 2.42 bits per heavy atom. The zero-order chi connectivity index (χ0) is 23.8. The molecule has 1 atom stereocenters. The molecule has 1 heterocycles. The van der Waals surface area contributed by atoms with Gasteiger partial charge in [-0.25, -0.2) is 4.79 Å². The molecule has 1 fully saturated rings. The van der Waals surface area contributed by atoms with Gasteiger partial charge in [0, 0.05) is 5.56 Å². The average molecular weight is 449 g/mol. The first-order valence-electron chi connectivity index (χ1n) is 11.0. The topological polar surface area (TPSA) is 108 Å². The first-order valence-corrected chi connectivity index (χ1v) is 11.0. The van der Waals surface area contributed by atoms with Crippen molar-refractivity contribution in [2.45, 2.75) is 51.0 Å². The standard InChI is InChI=1S/C25H28N4O4/c1-24(2,3)18-12-10-17(11-13-18)21(31)28-27-20(30)15-29-22(32)25(26-23(29)33)14-6-8-16-7-4-5-9-19(16)25/h4-5,7,9-13H,6,8,14-15H2,1-3H3,(H,26,33)(H,27,30)(H,28,31)/t25-/m0/s1. The molecule has 5 amide bonds. The van der Waals surface area contributed by atoms with E-state index in [0.29, 0.717) is 12.0 Å². The molecule has 0 bridgehead atoms. The van der Waals surface area contributed by atoms with Gasteiger partial charge in [-0.15, -0.1) is 0 Å². The third kappa shape index (κ3) is 4.20. The summed E-state index contributed by atoms with van der Waals surface area (Å²) in [6.45, 7) is 5.74. The number of imide groups is 1. The quantitative estimate of drug-likeness (QED) is 0.495. The molecule has 2 aliphatic rings. The Hall–Kier alpha value is -3.68. The monoisotopic (exact) mass is 448 g/mol. The van der Waals surface area contributed by atoms with Crippen molar-refractivity contribution in [1.29, 1.82) is 0 Å². The highest BCUT2D eigenvalue weighted by atomic mass is 16.2. The maximum atomic E-state index is 13.2. The van der Waals surface area contributed by atoms with E-state index in [4.69, 9.17) is 0 Å². The van der Waals surface area contributed by atoms with Crippen LogP contribution in [-0.2, 0) is 27.0 Å². The molecule has 1 spiro atoms. The van der Waals surface area contributed by atoms with E-state index in [2.05, 4.69) is 36.9 Å². The molecule has 1 aliphatic heterocycles. The first kappa shape index (κ1) is 22.5. The number of aryl methyl sites for hydroxylation is 1. The van der Waals surface area contributed by atoms with Crippen molar-refractivity contribution >= 4 is 23.8 Å². The van der Waals surface area contributed by atoms with Crippen LogP contribution in [0.15, 0.2) is 48.5 Å². The third-order valence-corrected chi connectivity index (χ3v) is 6.28. The van der Waals surface area contributed by atoms with Gasteiger partial charge in [-0.05, 0) is 53.5 Å². The van der Waals surface area contributed by atoms with Gasteiger partial charge in [0.2, 0.25) is 0 Å². The van der Waals surface area contributed by atoms with Crippen LogP contribution in [0.2, 0.25) is 0 Å². The number of rotatable bonds is 3. The second-order valence-electron chi connectivity index (χ2n) is 9.57. The predicted octanol–water partition coefficient (Wildman–Crippen LogP) is 2.53. The number of hydrazine groups is 1. The highest BCUT2D eigenvalue weighted by molar-refractivity contribution is 6.09. The van der Waals surface area contributed by atoms with Crippen LogP contribution >= 0.6 is 0 Å². The zero-order valence-electron chi connectivity index (χ0n) is 19.0. The molecule has 172 valence electrons. The van der Waals surface area contributed by atoms with Crippen molar-refractivity contribution in [3.8, 4) is 0 Å². The lowest BCUT2D eigenvalue weighted by atomic mass is 9.76. The van der Waals surface area contributed by atoms with E-state index in [0.717, 1.165) is 34.4 Å². The zero-order valence-corrected chi connectivity index (χ0v) is 19.0. The molecule has 8 heteroatoms. The minimum Gasteiger partial charge on any atom is -0.319 e. The fourth-order valence-electron chi connectivity index (χ4n) is 4.46. The number of nitrogens with one attached hydrogen (secondary N) is 3. The van der Waals surface area contributed by atoms with Crippen LogP contribution in [0.4, 0.5) is 4.79 Å². The summed E-state index contributed by atoms with van der Waals surface area (Å²) in [5.74, 6) is -1.60. The van der Waals surface area contributed by atoms with Crippen molar-refractivity contribution in [3.05, 3.63) is 70.8 Å². The number of urea groups is 1. The maximum Gasteiger partial charge on any atom is 0.325 e. The van der Waals surface area contributed by atoms with E-state index in [1.54, 1.807) is 12.1 Å². The minimum absolute atomic E-state index is 0.0394. The van der Waals surface area contributed by atoms with E-state index in [-0.39, 0.29) is 5.41 Å². The van der Waals surface area contributed by atoms with Crippen molar-refractivity contribution < 1.29 is 19.2 Å². The molecule has 0 unspecified atom stereocenters. The van der Waals surface area contributed by atoms with Crippen molar-refractivity contribution in [1.82, 2.24) is 21.1 Å². The molecular weight excluding hydrogens is 420 g/mol. The second-order valence-corrected chi connectivity index (χ2v) is 9.57. The van der Waals surface area contributed by atoms with Gasteiger partial charge in [-0.2, -0.15) is 0 Å². The Kier molecular flexibility index (Phi) is 5.69. The van der Waals surface area contributed by atoms with E-state index in [1.165, 1.54) is 0 Å². The number of fused-ring (bicyclic) bond motifs is 2. The molecule has 0 aromatic heterocycles. The van der Waals surface area contributed by atoms with Crippen LogP contribution < -0.4 is 16.2 Å². The Morgan fingerprint density at radius 1 is 1.03 bits per heavy atom. The van der Waals surface area contributed by atoms with Gasteiger partial charge in [0.05, 0.1) is 0 Å². The molecule has 0 saturated carbocycles. The Morgan fingerprint density at radius 2 is 1.73 bits per heavy atom. The van der Waals surface area contributed by atoms with Gasteiger partial charge in [-0.3, -0.25) is 30.1 Å². The van der Waals surface area contributed by atoms with Crippen molar-refractivity contribution in [2.24, 2.45) is 0 Å². The fourth-order valence-corrected chi connectivity index (χ4v) is 4.46. The first-order chi connectivity index (χ1) is 15.6. The summed E-state index contributed by atoms with van der Waals surface area (Å²) in [6, 6.07) is 14.0. The van der Waals surface area contributed by atoms with Gasteiger partial charge in [0.15, 0.2) is 0 Å². The third-order valence-electron chi connectivity index (χ3n) is 6.28. The molecule has 2 aromatic rings. The van der Waals surface area contributed by atoms with E-state index in [9.17, 15) is 19.2 Å². The number of nitrogens with zero attached hydrogens (tertiary/aromatic N) is 1. The van der Waals surface area contributed by atoms with Crippen LogP contribution in [0.5, 0.6) is 0 Å². The van der Waals surface area contributed by atoms with Gasteiger partial charge < -0.3 is 5.32 Å². The number of hydrogen-bond donors (Lipinski definition) is 3. The summed E-state index contributed by atoms with van der Waals surface area (Å²) < 4.78 is 0. The SMILES string of the molecule is CC(C)(C)c1ccc(C(=O)NNC(=O)CN2C(=O)N[C@]3(CCCc4ccccc43)C2=O)cc1. The molecule has 2 aromatic carbocycles. The number of amides is 5. The molecule has 4 rings (SSSR count). The Bertz CT molecular complexity index is 1120. The summed E-state index contributed by atoms with van der Waals surface area (Å²) in [5.41, 5.74) is 6.73. The molecule has 3 N–H and O–H groups in total. The fraction of sp³-hybridized carbons (Fsp3) is 0.360. The molecule has 0 radical (unpaired) electrons. The van der Waals surface area contributed by atoms with E-state index in [1.807, 2.05) is 36.4 Å². The summed E-state index contributed by atoms with van der Waals surface area (Å²) in [5, 5.41) is 2.81. The summed E-state index contributed by atoms with van der Waals surface area (Å²) in [4.78, 5) is 51.5. The van der Waals surface area contributed by atoms with Gasteiger partial charge >= 0.3 is 6.03 Å². The number of carbonyl (C=O) groups is 4. The van der Waals surface area contributed by atoms with Crippen molar-refractivity contribution in [3.63, 3.8) is 0 Å². The molecule has 8 nitrogen and oxygen atoms in total. The molecular formula is C25H28N4O4. The van der Waals surface area contributed by atoms with Crippen LogP contribution in [0.3, 0.4) is 0 Å².